The topological polar surface area (TPSA) is 94.5 Å². The normalized spacial score (nSPS) is 29.8. The molecule has 45 heavy (non-hydrogen) atoms. The summed E-state index contributed by atoms with van der Waals surface area (Å²) in [6.07, 6.45) is -0.153. The summed E-state index contributed by atoms with van der Waals surface area (Å²) in [6.45, 7) is 14.2. The van der Waals surface area contributed by atoms with E-state index < -0.39 is 53.3 Å². The highest BCUT2D eigenvalue weighted by atomic mass is 35.5. The van der Waals surface area contributed by atoms with Gasteiger partial charge in [0.25, 0.3) is 5.56 Å². The highest BCUT2D eigenvalue weighted by Crippen LogP contribution is 2.65. The van der Waals surface area contributed by atoms with Crippen molar-refractivity contribution in [3.8, 4) is 0 Å². The van der Waals surface area contributed by atoms with Gasteiger partial charge >= 0.3 is 13.3 Å². The van der Waals surface area contributed by atoms with Crippen molar-refractivity contribution in [2.75, 3.05) is 5.32 Å². The first kappa shape index (κ1) is 32.1. The van der Waals surface area contributed by atoms with Crippen molar-refractivity contribution in [1.29, 1.82) is 0 Å². The van der Waals surface area contributed by atoms with E-state index in [0.717, 1.165) is 25.0 Å². The minimum Gasteiger partial charge on any atom is -0.404 e. The summed E-state index contributed by atoms with van der Waals surface area (Å²) in [5, 5.41) is 5.97. The number of hydrogen-bond donors (Lipinski definition) is 2. The molecule has 4 fully saturated rings. The predicted molar refractivity (Wildman–Crippen MR) is 166 cm³/mol. The Balaban J connectivity index is 1.24. The molecule has 0 radical (unpaired) electrons. The van der Waals surface area contributed by atoms with Gasteiger partial charge in [-0.1, -0.05) is 57.5 Å². The van der Waals surface area contributed by atoms with E-state index in [4.69, 9.17) is 20.9 Å². The maximum absolute atomic E-state index is 14.0. The first-order valence-corrected chi connectivity index (χ1v) is 15.8. The van der Waals surface area contributed by atoms with E-state index in [2.05, 4.69) is 43.0 Å². The molecular weight excluding hydrogens is 608 g/mol. The number of carbonyl (C=O) groups excluding carboxylic acids is 1. The molecule has 13 heteroatoms. The van der Waals surface area contributed by atoms with Gasteiger partial charge in [0.2, 0.25) is 5.91 Å². The van der Waals surface area contributed by atoms with Gasteiger partial charge in [-0.15, -0.1) is 6.58 Å². The van der Waals surface area contributed by atoms with Crippen LogP contribution in [0.4, 0.5) is 19.0 Å². The third-order valence-corrected chi connectivity index (χ3v) is 11.1. The van der Waals surface area contributed by atoms with E-state index in [1.165, 1.54) is 16.7 Å². The molecule has 3 saturated carbocycles. The molecular formula is C32H39BClF3N4O4. The number of aromatic nitrogens is 2. The highest BCUT2D eigenvalue weighted by Gasteiger charge is 2.68. The average molecular weight is 647 g/mol. The quantitative estimate of drug-likeness (QED) is 0.267. The lowest BCUT2D eigenvalue weighted by molar-refractivity contribution is -0.199. The Labute approximate surface area is 266 Å². The van der Waals surface area contributed by atoms with Crippen LogP contribution in [0, 0.1) is 17.3 Å². The number of carbonyl (C=O) groups is 1. The summed E-state index contributed by atoms with van der Waals surface area (Å²) in [5.41, 5.74) is -1.59. The molecule has 0 spiro atoms. The summed E-state index contributed by atoms with van der Waals surface area (Å²) >= 11 is 6.61. The predicted octanol–water partition coefficient (Wildman–Crippen LogP) is 6.08. The van der Waals surface area contributed by atoms with Gasteiger partial charge in [-0.05, 0) is 67.6 Å². The molecule has 2 bridgehead atoms. The zero-order chi connectivity index (χ0) is 32.7. The van der Waals surface area contributed by atoms with E-state index in [0.29, 0.717) is 29.5 Å². The van der Waals surface area contributed by atoms with Crippen LogP contribution < -0.4 is 16.2 Å². The zero-order valence-electron chi connectivity index (χ0n) is 26.1. The van der Waals surface area contributed by atoms with Crippen molar-refractivity contribution in [2.45, 2.75) is 102 Å². The molecule has 2 N–H and O–H groups in total. The second-order valence-electron chi connectivity index (χ2n) is 14.4. The van der Waals surface area contributed by atoms with Crippen LogP contribution in [0.5, 0.6) is 0 Å². The molecule has 8 nitrogen and oxygen atoms in total. The molecule has 1 aromatic carbocycles. The van der Waals surface area contributed by atoms with Gasteiger partial charge in [0.1, 0.15) is 6.04 Å². The number of hydrogen-bond acceptors (Lipinski definition) is 6. The fourth-order valence-electron chi connectivity index (χ4n) is 8.22. The van der Waals surface area contributed by atoms with Crippen LogP contribution >= 0.6 is 11.6 Å². The van der Waals surface area contributed by atoms with E-state index in [1.54, 1.807) is 6.08 Å². The summed E-state index contributed by atoms with van der Waals surface area (Å²) in [4.78, 5) is 32.0. The Bertz CT molecular complexity index is 1600. The smallest absolute Gasteiger partial charge is 0.404 e. The third kappa shape index (κ3) is 5.30. The summed E-state index contributed by atoms with van der Waals surface area (Å²) < 4.78 is 54.1. The maximum Gasteiger partial charge on any atom is 0.482 e. The van der Waals surface area contributed by atoms with Gasteiger partial charge in [-0.2, -0.15) is 13.2 Å². The van der Waals surface area contributed by atoms with E-state index in [-0.39, 0.29) is 35.5 Å². The lowest BCUT2D eigenvalue weighted by atomic mass is 9.43. The largest absolute Gasteiger partial charge is 0.482 e. The molecule has 0 unspecified atom stereocenters. The number of rotatable bonds is 8. The molecule has 3 heterocycles. The number of benzene rings is 1. The Hall–Kier alpha value is -2.83. The standard InChI is InChI=1S/C32H39BClF3N4O4/c1-7-9-23(33-44-22-14-19-13-21(30(19,4)5)31(22,6)45-33)39-27(42)20-15-29(2,3)24-25(34)40-26(28(43)41(20)24)38-16-17-10-8-11-18(12-17)32(35,36)37/h7-8,10-12,19-23H,1,9,13-16H2,2-6H3,(H,38,40)(H,39,42)/t19-,20-,21-,22+,23-,31-/m0/s1. The molecule has 2 aliphatic heterocycles. The minimum absolute atomic E-state index is 0.0464. The molecule has 242 valence electrons. The van der Waals surface area contributed by atoms with Crippen molar-refractivity contribution in [1.82, 2.24) is 14.9 Å². The Kier molecular flexibility index (Phi) is 7.76. The van der Waals surface area contributed by atoms with Gasteiger partial charge in [-0.25, -0.2) is 4.98 Å². The first-order chi connectivity index (χ1) is 21.0. The van der Waals surface area contributed by atoms with Crippen LogP contribution in [-0.4, -0.2) is 40.2 Å². The fourth-order valence-corrected chi connectivity index (χ4v) is 8.66. The summed E-state index contributed by atoms with van der Waals surface area (Å²) in [5.74, 6) is -0.138. The van der Waals surface area contributed by atoms with Crippen LogP contribution in [0.2, 0.25) is 5.15 Å². The molecule has 1 aromatic heterocycles. The van der Waals surface area contributed by atoms with Gasteiger partial charge in [-0.3, -0.25) is 14.2 Å². The van der Waals surface area contributed by atoms with Crippen LogP contribution in [-0.2, 0) is 32.2 Å². The SMILES string of the molecule is C=CC[C@H](NC(=O)[C@@H]1CC(C)(C)c2c(Cl)nc(NCc3cccc(C(F)(F)F)c3)c(=O)n21)B1O[C@@H]2C[C@@H]3C[C@@H](C3(C)C)[C@]2(C)O1. The van der Waals surface area contributed by atoms with Gasteiger partial charge in [0, 0.05) is 12.0 Å². The van der Waals surface area contributed by atoms with Crippen molar-refractivity contribution in [3.63, 3.8) is 0 Å². The molecule has 3 aliphatic carbocycles. The number of halogens is 4. The first-order valence-electron chi connectivity index (χ1n) is 15.4. The summed E-state index contributed by atoms with van der Waals surface area (Å²) in [6, 6.07) is 3.90. The van der Waals surface area contributed by atoms with Gasteiger partial charge < -0.3 is 19.9 Å². The molecule has 1 amide bonds. The van der Waals surface area contributed by atoms with Crippen LogP contribution in [0.1, 0.15) is 83.2 Å². The van der Waals surface area contributed by atoms with Crippen LogP contribution in [0.25, 0.3) is 0 Å². The van der Waals surface area contributed by atoms with E-state index in [9.17, 15) is 22.8 Å². The van der Waals surface area contributed by atoms with E-state index >= 15 is 0 Å². The number of amides is 1. The van der Waals surface area contributed by atoms with Crippen molar-refractivity contribution in [3.05, 3.63) is 69.2 Å². The molecule has 2 aromatic rings. The molecule has 6 atom stereocenters. The minimum atomic E-state index is -4.50. The third-order valence-electron chi connectivity index (χ3n) is 10.8. The van der Waals surface area contributed by atoms with Gasteiger partial charge in [0.15, 0.2) is 11.0 Å². The Morgan fingerprint density at radius 2 is 2.00 bits per heavy atom. The lowest BCUT2D eigenvalue weighted by Crippen LogP contribution is -2.65. The highest BCUT2D eigenvalue weighted by molar-refractivity contribution is 6.48. The lowest BCUT2D eigenvalue weighted by Gasteiger charge is -2.64. The fraction of sp³-hybridized carbons (Fsp3) is 0.594. The van der Waals surface area contributed by atoms with Crippen molar-refractivity contribution < 1.29 is 27.3 Å². The van der Waals surface area contributed by atoms with Crippen molar-refractivity contribution >= 4 is 30.4 Å². The number of nitrogens with zero attached hydrogens (tertiary/aromatic N) is 2. The average Bonchev–Trinajstić information content (AvgIpc) is 3.47. The maximum atomic E-state index is 14.0. The number of nitrogens with one attached hydrogen (secondary N) is 2. The molecule has 5 aliphatic rings. The number of fused-ring (bicyclic) bond motifs is 1. The van der Waals surface area contributed by atoms with Gasteiger partial charge in [0.05, 0.1) is 28.9 Å². The monoisotopic (exact) mass is 646 g/mol. The summed E-state index contributed by atoms with van der Waals surface area (Å²) in [7, 11) is -0.673. The number of anilines is 1. The molecule has 1 saturated heterocycles. The second kappa shape index (κ2) is 10.9. The molecule has 7 rings (SSSR count). The zero-order valence-corrected chi connectivity index (χ0v) is 26.9. The number of alkyl halides is 3. The van der Waals surface area contributed by atoms with Crippen LogP contribution in [0.3, 0.4) is 0 Å². The van der Waals surface area contributed by atoms with Crippen molar-refractivity contribution in [2.24, 2.45) is 17.3 Å². The van der Waals surface area contributed by atoms with E-state index in [1.807, 2.05) is 13.8 Å². The van der Waals surface area contributed by atoms with Crippen LogP contribution in [0.15, 0.2) is 41.7 Å². The Morgan fingerprint density at radius 1 is 1.27 bits per heavy atom. The second-order valence-corrected chi connectivity index (χ2v) is 14.8. The Morgan fingerprint density at radius 3 is 2.67 bits per heavy atom.